The van der Waals surface area contributed by atoms with Gasteiger partial charge in [0, 0.05) is 41.7 Å². The van der Waals surface area contributed by atoms with Gasteiger partial charge in [0.2, 0.25) is 0 Å². The van der Waals surface area contributed by atoms with Crippen molar-refractivity contribution < 1.29 is 0 Å². The zero-order valence-corrected chi connectivity index (χ0v) is 15.9. The molecule has 134 valence electrons. The Morgan fingerprint density at radius 3 is 2.68 bits per heavy atom. The molecule has 0 bridgehead atoms. The van der Waals surface area contributed by atoms with Crippen molar-refractivity contribution in [3.05, 3.63) is 52.0 Å². The van der Waals surface area contributed by atoms with Crippen molar-refractivity contribution in [1.29, 1.82) is 0 Å². The maximum absolute atomic E-state index is 4.60. The van der Waals surface area contributed by atoms with Crippen molar-refractivity contribution in [2.45, 2.75) is 69.5 Å². The highest BCUT2D eigenvalue weighted by molar-refractivity contribution is 7.11. The Labute approximate surface area is 155 Å². The van der Waals surface area contributed by atoms with Crippen molar-refractivity contribution in [3.63, 3.8) is 0 Å². The van der Waals surface area contributed by atoms with Gasteiger partial charge < -0.3 is 10.6 Å². The van der Waals surface area contributed by atoms with Crippen LogP contribution in [0.3, 0.4) is 0 Å². The molecule has 0 spiro atoms. The fourth-order valence-corrected chi connectivity index (χ4v) is 5.11. The van der Waals surface area contributed by atoms with Gasteiger partial charge >= 0.3 is 0 Å². The molecular weight excluding hydrogens is 326 g/mol. The van der Waals surface area contributed by atoms with Gasteiger partial charge in [0.1, 0.15) is 0 Å². The summed E-state index contributed by atoms with van der Waals surface area (Å²) >= 11 is 1.90. The average Bonchev–Trinajstić information content (AvgIpc) is 3.21. The molecule has 0 radical (unpaired) electrons. The van der Waals surface area contributed by atoms with Crippen LogP contribution < -0.4 is 10.6 Å². The lowest BCUT2D eigenvalue weighted by Gasteiger charge is -2.34. The van der Waals surface area contributed by atoms with E-state index in [1.54, 1.807) is 0 Å². The van der Waals surface area contributed by atoms with Crippen molar-refractivity contribution in [3.8, 4) is 0 Å². The summed E-state index contributed by atoms with van der Waals surface area (Å²) in [4.78, 5) is 5.98. The van der Waals surface area contributed by atoms with Gasteiger partial charge in [0.15, 0.2) is 0 Å². The summed E-state index contributed by atoms with van der Waals surface area (Å²) in [5.41, 5.74) is 1.62. The lowest BCUT2D eigenvalue weighted by Crippen LogP contribution is -2.51. The Balaban J connectivity index is 1.33. The molecule has 2 fully saturated rings. The molecule has 1 heterocycles. The summed E-state index contributed by atoms with van der Waals surface area (Å²) in [6.45, 7) is 4.29. The molecule has 3 nitrogen and oxygen atoms in total. The van der Waals surface area contributed by atoms with Gasteiger partial charge in [-0.2, -0.15) is 0 Å². The van der Waals surface area contributed by atoms with E-state index in [4.69, 9.17) is 0 Å². The minimum absolute atomic E-state index is 0.235. The molecule has 4 rings (SSSR count). The first-order chi connectivity index (χ1) is 12.2. The van der Waals surface area contributed by atoms with Crippen LogP contribution in [0, 0.1) is 0 Å². The predicted octanol–water partition coefficient (Wildman–Crippen LogP) is 4.77. The Kier molecular flexibility index (Phi) is 5.20. The van der Waals surface area contributed by atoms with Crippen LogP contribution in [-0.4, -0.2) is 17.1 Å². The number of nitrogens with zero attached hydrogens (tertiary/aromatic N) is 1. The topological polar surface area (TPSA) is 37.0 Å². The van der Waals surface area contributed by atoms with Crippen molar-refractivity contribution in [1.82, 2.24) is 15.6 Å². The summed E-state index contributed by atoms with van der Waals surface area (Å²) in [7, 11) is 0. The third-order valence-electron chi connectivity index (χ3n) is 5.64. The van der Waals surface area contributed by atoms with Gasteiger partial charge in [-0.3, -0.25) is 0 Å². The van der Waals surface area contributed by atoms with Crippen LogP contribution in [0.15, 0.2) is 36.5 Å². The first-order valence-corrected chi connectivity index (χ1v) is 10.5. The second-order valence-electron chi connectivity index (χ2n) is 7.81. The lowest BCUT2D eigenvalue weighted by atomic mass is 9.94. The van der Waals surface area contributed by atoms with Crippen LogP contribution in [0.5, 0.6) is 0 Å². The van der Waals surface area contributed by atoms with E-state index in [1.807, 2.05) is 11.3 Å². The van der Waals surface area contributed by atoms with E-state index in [0.29, 0.717) is 6.04 Å². The van der Waals surface area contributed by atoms with Gasteiger partial charge in [-0.25, -0.2) is 4.98 Å². The highest BCUT2D eigenvalue weighted by atomic mass is 32.1. The van der Waals surface area contributed by atoms with Crippen LogP contribution in [0.2, 0.25) is 0 Å². The molecule has 2 aliphatic rings. The molecule has 2 saturated carbocycles. The quantitative estimate of drug-likeness (QED) is 0.716. The highest BCUT2D eigenvalue weighted by Crippen LogP contribution is 2.41. The zero-order chi connectivity index (χ0) is 17.1. The van der Waals surface area contributed by atoms with Crippen LogP contribution in [0.25, 0.3) is 0 Å². The van der Waals surface area contributed by atoms with Crippen LogP contribution >= 0.6 is 11.3 Å². The summed E-state index contributed by atoms with van der Waals surface area (Å²) in [5.74, 6) is 0.772. The molecule has 2 N–H and O–H groups in total. The van der Waals surface area contributed by atoms with Gasteiger partial charge in [-0.15, -0.1) is 11.3 Å². The van der Waals surface area contributed by atoms with Crippen molar-refractivity contribution >= 4 is 11.3 Å². The molecule has 0 unspecified atom stereocenters. The van der Waals surface area contributed by atoms with Gasteiger partial charge in [0.05, 0.1) is 5.01 Å². The second kappa shape index (κ2) is 7.56. The number of nitrogens with one attached hydrogen (secondary N) is 2. The molecule has 2 aliphatic carbocycles. The van der Waals surface area contributed by atoms with Crippen molar-refractivity contribution in [2.24, 2.45) is 0 Å². The first kappa shape index (κ1) is 17.2. The molecule has 1 atom stereocenters. The number of hydrogen-bond donors (Lipinski definition) is 2. The van der Waals surface area contributed by atoms with E-state index < -0.39 is 0 Å². The number of benzene rings is 1. The SMILES string of the molecule is C[C@H](NC1(CNCc2cnc(C3CC3)s2)CCCC1)c1ccccc1. The Bertz CT molecular complexity index is 671. The molecule has 4 heteroatoms. The van der Waals surface area contributed by atoms with Crippen LogP contribution in [0.1, 0.15) is 72.9 Å². The van der Waals surface area contributed by atoms with E-state index in [-0.39, 0.29) is 5.54 Å². The minimum Gasteiger partial charge on any atom is -0.310 e. The smallest absolute Gasteiger partial charge is 0.0959 e. The predicted molar refractivity (Wildman–Crippen MR) is 105 cm³/mol. The fourth-order valence-electron chi connectivity index (χ4n) is 4.06. The summed E-state index contributed by atoms with van der Waals surface area (Å²) in [5, 5.41) is 9.03. The standard InChI is InChI=1S/C21H29N3S/c1-16(17-7-3-2-4-8-17)24-21(11-5-6-12-21)15-22-13-19-14-23-20(25-19)18-9-10-18/h2-4,7-8,14,16,18,22,24H,5-6,9-13,15H2,1H3/t16-/m0/s1. The normalized spacial score (nSPS) is 20.7. The summed E-state index contributed by atoms with van der Waals surface area (Å²) < 4.78 is 0. The fraction of sp³-hybridized carbons (Fsp3) is 0.571. The third kappa shape index (κ3) is 4.30. The molecular formula is C21H29N3S. The van der Waals surface area contributed by atoms with E-state index in [0.717, 1.165) is 19.0 Å². The second-order valence-corrected chi connectivity index (χ2v) is 8.95. The number of hydrogen-bond acceptors (Lipinski definition) is 4. The van der Waals surface area contributed by atoms with Crippen LogP contribution in [-0.2, 0) is 6.54 Å². The average molecular weight is 356 g/mol. The number of aromatic nitrogens is 1. The maximum Gasteiger partial charge on any atom is 0.0959 e. The largest absolute Gasteiger partial charge is 0.310 e. The maximum atomic E-state index is 4.60. The number of thiazole rings is 1. The minimum atomic E-state index is 0.235. The summed E-state index contributed by atoms with van der Waals surface area (Å²) in [6, 6.07) is 11.2. The summed E-state index contributed by atoms with van der Waals surface area (Å²) in [6.07, 6.45) is 9.97. The third-order valence-corrected chi connectivity index (χ3v) is 6.80. The molecule has 2 aromatic rings. The van der Waals surface area contributed by atoms with E-state index in [9.17, 15) is 0 Å². The lowest BCUT2D eigenvalue weighted by molar-refractivity contribution is 0.285. The zero-order valence-electron chi connectivity index (χ0n) is 15.1. The molecule has 25 heavy (non-hydrogen) atoms. The Morgan fingerprint density at radius 2 is 1.96 bits per heavy atom. The number of rotatable bonds is 8. The van der Waals surface area contributed by atoms with E-state index in [2.05, 4.69) is 59.1 Å². The van der Waals surface area contributed by atoms with Crippen molar-refractivity contribution in [2.75, 3.05) is 6.54 Å². The molecule has 1 aromatic carbocycles. The van der Waals surface area contributed by atoms with Crippen LogP contribution in [0.4, 0.5) is 0 Å². The van der Waals surface area contributed by atoms with E-state index >= 15 is 0 Å². The van der Waals surface area contributed by atoms with Gasteiger partial charge in [0.25, 0.3) is 0 Å². The molecule has 0 aliphatic heterocycles. The van der Waals surface area contributed by atoms with Gasteiger partial charge in [-0.05, 0) is 38.2 Å². The van der Waals surface area contributed by atoms with Gasteiger partial charge in [-0.1, -0.05) is 43.2 Å². The molecule has 0 saturated heterocycles. The highest BCUT2D eigenvalue weighted by Gasteiger charge is 2.34. The monoisotopic (exact) mass is 355 g/mol. The Hall–Kier alpha value is -1.23. The first-order valence-electron chi connectivity index (χ1n) is 9.72. The Morgan fingerprint density at radius 1 is 1.20 bits per heavy atom. The van der Waals surface area contributed by atoms with E-state index in [1.165, 1.54) is 54.0 Å². The molecule has 0 amide bonds. The molecule has 1 aromatic heterocycles.